The van der Waals surface area contributed by atoms with Crippen molar-refractivity contribution in [3.8, 4) is 11.5 Å². The highest BCUT2D eigenvalue weighted by Crippen LogP contribution is 2.36. The Hall–Kier alpha value is -3.43. The molecular weight excluding hydrogens is 464 g/mol. The van der Waals surface area contributed by atoms with Crippen LogP contribution in [0.25, 0.3) is 21.1 Å². The Kier molecular flexibility index (Phi) is 7.37. The van der Waals surface area contributed by atoms with Gasteiger partial charge in [0.25, 0.3) is 5.91 Å². The average Bonchev–Trinajstić information content (AvgIpc) is 3.57. The maximum atomic E-state index is 12.8. The van der Waals surface area contributed by atoms with Crippen LogP contribution >= 0.6 is 11.3 Å². The zero-order valence-electron chi connectivity index (χ0n) is 20.4. The molecule has 0 saturated carbocycles. The number of benzene rings is 1. The third-order valence-corrected chi connectivity index (χ3v) is 6.91. The minimum atomic E-state index is -0.143. The molecule has 1 aliphatic rings. The van der Waals surface area contributed by atoms with Gasteiger partial charge >= 0.3 is 6.03 Å². The molecule has 0 radical (unpaired) electrons. The second kappa shape index (κ2) is 10.5. The molecule has 2 N–H and O–H groups in total. The van der Waals surface area contributed by atoms with Gasteiger partial charge in [0.2, 0.25) is 0 Å². The summed E-state index contributed by atoms with van der Waals surface area (Å²) in [5.74, 6) is 1.40. The van der Waals surface area contributed by atoms with Crippen molar-refractivity contribution in [1.29, 1.82) is 0 Å². The second-order valence-corrected chi connectivity index (χ2v) is 9.73. The van der Waals surface area contributed by atoms with Gasteiger partial charge in [0.05, 0.1) is 20.6 Å². The number of amides is 2. The van der Waals surface area contributed by atoms with E-state index in [9.17, 15) is 9.59 Å². The quantitative estimate of drug-likeness (QED) is 0.408. The van der Waals surface area contributed by atoms with Gasteiger partial charge in [-0.05, 0) is 63.9 Å². The zero-order chi connectivity index (χ0) is 25.1. The Balaban J connectivity index is 0.00000141. The number of hydrogen-bond acceptors (Lipinski definition) is 6. The lowest BCUT2D eigenvalue weighted by Crippen LogP contribution is -2.34. The number of carbonyl (C=O) groups is 2. The first-order valence-corrected chi connectivity index (χ1v) is 12.5. The minimum absolute atomic E-state index is 0.0547. The van der Waals surface area contributed by atoms with Crippen LogP contribution in [0.3, 0.4) is 0 Å². The van der Waals surface area contributed by atoms with Gasteiger partial charge in [0.1, 0.15) is 11.5 Å². The first-order valence-electron chi connectivity index (χ1n) is 11.6. The molecule has 184 valence electrons. The molecule has 0 spiro atoms. The number of hydrogen-bond donors (Lipinski definition) is 2. The van der Waals surface area contributed by atoms with E-state index in [1.54, 1.807) is 10.8 Å². The van der Waals surface area contributed by atoms with E-state index in [4.69, 9.17) is 9.84 Å². The van der Waals surface area contributed by atoms with Crippen molar-refractivity contribution in [3.63, 3.8) is 0 Å². The molecule has 5 rings (SSSR count). The monoisotopic (exact) mass is 494 g/mol. The summed E-state index contributed by atoms with van der Waals surface area (Å²) in [7, 11) is 1.00. The number of aliphatic hydroxyl groups excluding tert-OH is 1. The van der Waals surface area contributed by atoms with E-state index in [0.717, 1.165) is 59.9 Å². The van der Waals surface area contributed by atoms with E-state index in [2.05, 4.69) is 10.3 Å². The van der Waals surface area contributed by atoms with Crippen LogP contribution in [0.5, 0.6) is 11.5 Å². The van der Waals surface area contributed by atoms with Crippen molar-refractivity contribution in [2.75, 3.05) is 20.2 Å². The molecule has 0 atom stereocenters. The number of carbonyl (C=O) groups excluding carboxylic acids is 2. The van der Waals surface area contributed by atoms with Crippen LogP contribution in [0.15, 0.2) is 42.6 Å². The lowest BCUT2D eigenvalue weighted by atomic mass is 10.2. The molecule has 3 aromatic heterocycles. The van der Waals surface area contributed by atoms with E-state index < -0.39 is 0 Å². The Morgan fingerprint density at radius 2 is 1.86 bits per heavy atom. The lowest BCUT2D eigenvalue weighted by Gasteiger charge is -2.13. The van der Waals surface area contributed by atoms with E-state index in [1.807, 2.05) is 62.1 Å². The summed E-state index contributed by atoms with van der Waals surface area (Å²) in [6.45, 7) is 7.43. The van der Waals surface area contributed by atoms with Crippen LogP contribution in [0.1, 0.15) is 42.1 Å². The number of aromatic nitrogens is 2. The van der Waals surface area contributed by atoms with Crippen LogP contribution in [-0.4, -0.2) is 57.7 Å². The fraction of sp³-hybridized carbons (Fsp3) is 0.346. The van der Waals surface area contributed by atoms with Crippen molar-refractivity contribution in [2.24, 2.45) is 0 Å². The summed E-state index contributed by atoms with van der Waals surface area (Å²) in [4.78, 5) is 32.5. The molecule has 1 saturated heterocycles. The minimum Gasteiger partial charge on any atom is -0.456 e. The van der Waals surface area contributed by atoms with Gasteiger partial charge in [-0.15, -0.1) is 11.3 Å². The summed E-state index contributed by atoms with van der Waals surface area (Å²) in [6.07, 6.45) is 3.82. The molecule has 1 aromatic carbocycles. The van der Waals surface area contributed by atoms with Crippen LogP contribution in [-0.2, 0) is 0 Å². The summed E-state index contributed by atoms with van der Waals surface area (Å²) in [5, 5.41) is 10.9. The average molecular weight is 495 g/mol. The number of aryl methyl sites for hydroxylation is 1. The van der Waals surface area contributed by atoms with Gasteiger partial charge in [0.15, 0.2) is 0 Å². The molecule has 4 heterocycles. The van der Waals surface area contributed by atoms with E-state index in [1.165, 1.54) is 11.3 Å². The number of ether oxygens (including phenoxy) is 1. The molecule has 4 aromatic rings. The predicted octanol–water partition coefficient (Wildman–Crippen LogP) is 5.16. The predicted molar refractivity (Wildman–Crippen MR) is 139 cm³/mol. The van der Waals surface area contributed by atoms with E-state index in [0.29, 0.717) is 16.4 Å². The highest BCUT2D eigenvalue weighted by Gasteiger charge is 2.22. The summed E-state index contributed by atoms with van der Waals surface area (Å²) in [6, 6.07) is 11.2. The van der Waals surface area contributed by atoms with Gasteiger partial charge < -0.3 is 20.1 Å². The lowest BCUT2D eigenvalue weighted by molar-refractivity contribution is 0.0797. The van der Waals surface area contributed by atoms with Gasteiger partial charge in [-0.3, -0.25) is 14.3 Å². The van der Waals surface area contributed by atoms with E-state index in [-0.39, 0.29) is 18.0 Å². The van der Waals surface area contributed by atoms with Gasteiger partial charge in [0, 0.05) is 49.6 Å². The Morgan fingerprint density at radius 1 is 1.11 bits per heavy atom. The van der Waals surface area contributed by atoms with Gasteiger partial charge in [-0.25, -0.2) is 4.79 Å². The zero-order valence-corrected chi connectivity index (χ0v) is 21.2. The fourth-order valence-electron chi connectivity index (χ4n) is 4.28. The molecule has 35 heavy (non-hydrogen) atoms. The van der Waals surface area contributed by atoms with Crippen molar-refractivity contribution < 1.29 is 19.4 Å². The van der Waals surface area contributed by atoms with Crippen LogP contribution in [0, 0.1) is 6.92 Å². The molecule has 0 aliphatic carbocycles. The number of rotatable bonds is 4. The molecule has 1 aliphatic heterocycles. The van der Waals surface area contributed by atoms with Crippen molar-refractivity contribution in [2.45, 2.75) is 39.7 Å². The Labute approximate surface area is 208 Å². The molecule has 0 unspecified atom stereocenters. The Bertz CT molecular complexity index is 1370. The third kappa shape index (κ3) is 5.01. The standard InChI is InChI=1S/C25H26N4O3S.CH4O/c1-15(2)27-25(31)29-16(3)12-17-13-18(6-7-20(17)29)32-21-8-9-26-19-14-22(33-23(19)21)24(30)28-10-4-5-11-28;1-2/h6-9,12-15H,4-5,10-11H2,1-3H3,(H,27,31);2H,1H3. The number of pyridine rings is 1. The summed E-state index contributed by atoms with van der Waals surface area (Å²) < 4.78 is 8.76. The Morgan fingerprint density at radius 3 is 2.57 bits per heavy atom. The molecule has 1 fully saturated rings. The molecule has 8 nitrogen and oxygen atoms in total. The van der Waals surface area contributed by atoms with Crippen LogP contribution in [0.2, 0.25) is 0 Å². The number of thiophene rings is 1. The van der Waals surface area contributed by atoms with Crippen LogP contribution < -0.4 is 10.1 Å². The van der Waals surface area contributed by atoms with Crippen molar-refractivity contribution in [1.82, 2.24) is 19.8 Å². The molecule has 2 amide bonds. The van der Waals surface area contributed by atoms with Crippen LogP contribution in [0.4, 0.5) is 4.79 Å². The number of fused-ring (bicyclic) bond motifs is 2. The maximum Gasteiger partial charge on any atom is 0.326 e. The fourth-order valence-corrected chi connectivity index (χ4v) is 5.31. The number of aliphatic hydroxyl groups is 1. The first-order chi connectivity index (χ1) is 16.9. The van der Waals surface area contributed by atoms with Gasteiger partial charge in [-0.2, -0.15) is 0 Å². The molecular formula is C26H30N4O4S. The third-order valence-electron chi connectivity index (χ3n) is 5.78. The number of likely N-dealkylation sites (tertiary alicyclic amines) is 1. The summed E-state index contributed by atoms with van der Waals surface area (Å²) >= 11 is 1.42. The highest BCUT2D eigenvalue weighted by atomic mass is 32.1. The topological polar surface area (TPSA) is 96.7 Å². The normalized spacial score (nSPS) is 13.3. The van der Waals surface area contributed by atoms with E-state index >= 15 is 0 Å². The highest BCUT2D eigenvalue weighted by molar-refractivity contribution is 7.21. The first kappa shape index (κ1) is 24.7. The summed E-state index contributed by atoms with van der Waals surface area (Å²) in [5.41, 5.74) is 2.44. The number of nitrogens with zero attached hydrogens (tertiary/aromatic N) is 3. The molecule has 9 heteroatoms. The second-order valence-electron chi connectivity index (χ2n) is 8.68. The smallest absolute Gasteiger partial charge is 0.326 e. The SMILES string of the molecule is CO.Cc1cc2cc(Oc3ccnc4cc(C(=O)N5CCCC5)sc34)ccc2n1C(=O)NC(C)C. The molecule has 0 bridgehead atoms. The largest absolute Gasteiger partial charge is 0.456 e. The van der Waals surface area contributed by atoms with Crippen molar-refractivity contribution >= 4 is 44.4 Å². The van der Waals surface area contributed by atoms with Crippen molar-refractivity contribution in [3.05, 3.63) is 53.2 Å². The number of nitrogens with one attached hydrogen (secondary N) is 1. The van der Waals surface area contributed by atoms with Gasteiger partial charge in [-0.1, -0.05) is 0 Å². The maximum absolute atomic E-state index is 12.8.